The monoisotopic (exact) mass is 379 g/mol. The number of hydrogen-bond donors (Lipinski definition) is 1. The number of carbonyl (C=O) groups excluding carboxylic acids is 1. The molecule has 1 amide bonds. The van der Waals surface area contributed by atoms with Crippen molar-refractivity contribution in [2.24, 2.45) is 5.92 Å². The summed E-state index contributed by atoms with van der Waals surface area (Å²) >= 11 is 3.10. The Labute approximate surface area is 128 Å². The highest BCUT2D eigenvalue weighted by molar-refractivity contribution is 9.10. The molecule has 1 aliphatic heterocycles. The summed E-state index contributed by atoms with van der Waals surface area (Å²) in [4.78, 5) is 24.4. The minimum absolute atomic E-state index is 0.0291. The molecule has 114 valence electrons. The normalized spacial score (nSPS) is 19.0. The molecule has 0 spiro atoms. The third-order valence-electron chi connectivity index (χ3n) is 3.14. The Bertz CT molecular complexity index is 706. The second-order valence-corrected chi connectivity index (χ2v) is 6.98. The fourth-order valence-corrected chi connectivity index (χ4v) is 3.67. The van der Waals surface area contributed by atoms with Gasteiger partial charge in [-0.15, -0.1) is 3.89 Å². The lowest BCUT2D eigenvalue weighted by Crippen LogP contribution is -2.27. The van der Waals surface area contributed by atoms with Crippen molar-refractivity contribution in [3.8, 4) is 0 Å². The quantitative estimate of drug-likeness (QED) is 0.805. The maximum Gasteiger partial charge on any atom is 0.338 e. The summed E-state index contributed by atoms with van der Waals surface area (Å²) in [6.07, 6.45) is -0.130. The molecular formula is C12H11BrFNO5S. The number of rotatable bonds is 4. The largest absolute Gasteiger partial charge is 0.478 e. The summed E-state index contributed by atoms with van der Waals surface area (Å²) in [5.74, 6) is -3.07. The van der Waals surface area contributed by atoms with E-state index in [0.717, 1.165) is 0 Å². The summed E-state index contributed by atoms with van der Waals surface area (Å²) < 4.78 is 34.4. The molecule has 2 rings (SSSR count). The van der Waals surface area contributed by atoms with Crippen LogP contribution in [0.1, 0.15) is 16.8 Å². The molecule has 0 radical (unpaired) electrons. The Balaban J connectivity index is 2.34. The number of anilines is 1. The number of carbonyl (C=O) groups is 2. The Morgan fingerprint density at radius 2 is 2.14 bits per heavy atom. The molecule has 0 aromatic heterocycles. The first-order valence-electron chi connectivity index (χ1n) is 5.93. The molecule has 0 aliphatic carbocycles. The second kappa shape index (κ2) is 5.72. The van der Waals surface area contributed by atoms with E-state index in [9.17, 15) is 27.0 Å². The molecule has 1 unspecified atom stereocenters. The lowest BCUT2D eigenvalue weighted by Gasteiger charge is -2.19. The van der Waals surface area contributed by atoms with Crippen LogP contribution in [0.15, 0.2) is 22.7 Å². The van der Waals surface area contributed by atoms with E-state index in [1.54, 1.807) is 6.07 Å². The van der Waals surface area contributed by atoms with E-state index in [1.165, 1.54) is 17.0 Å². The molecule has 0 saturated carbocycles. The number of amides is 1. The van der Waals surface area contributed by atoms with Gasteiger partial charge in [-0.05, 0) is 28.1 Å². The smallest absolute Gasteiger partial charge is 0.338 e. The van der Waals surface area contributed by atoms with E-state index in [4.69, 9.17) is 0 Å². The number of aromatic carboxylic acids is 1. The molecule has 21 heavy (non-hydrogen) atoms. The molecule has 6 nitrogen and oxygen atoms in total. The highest BCUT2D eigenvalue weighted by Crippen LogP contribution is 2.32. The number of benzene rings is 1. The maximum absolute atomic E-state index is 12.7. The molecule has 1 N–H and O–H groups in total. The molecule has 1 aliphatic rings. The van der Waals surface area contributed by atoms with Crippen molar-refractivity contribution < 1.29 is 27.0 Å². The highest BCUT2D eigenvalue weighted by atomic mass is 79.9. The van der Waals surface area contributed by atoms with Gasteiger partial charge in [-0.3, -0.25) is 4.79 Å². The average molecular weight is 380 g/mol. The standard InChI is InChI=1S/C12H11BrFNO5S/c13-8-2-1-3-9(11(8)12(17)18)15-5-7(4-10(15)16)6-21(14,19)20/h1-3,7H,4-6H2,(H,17,18). The number of halogens is 2. The first kappa shape index (κ1) is 15.9. The van der Waals surface area contributed by atoms with Crippen molar-refractivity contribution in [2.45, 2.75) is 6.42 Å². The third kappa shape index (κ3) is 3.59. The molecule has 0 bridgehead atoms. The van der Waals surface area contributed by atoms with Crippen LogP contribution >= 0.6 is 15.9 Å². The average Bonchev–Trinajstić information content (AvgIpc) is 2.66. The molecule has 9 heteroatoms. The van der Waals surface area contributed by atoms with Gasteiger partial charge >= 0.3 is 16.2 Å². The van der Waals surface area contributed by atoms with E-state index < -0.39 is 33.8 Å². The van der Waals surface area contributed by atoms with E-state index in [2.05, 4.69) is 15.9 Å². The zero-order chi connectivity index (χ0) is 15.8. The van der Waals surface area contributed by atoms with Crippen molar-refractivity contribution in [2.75, 3.05) is 17.2 Å². The zero-order valence-electron chi connectivity index (χ0n) is 10.6. The SMILES string of the molecule is O=C(O)c1c(Br)cccc1N1CC(CS(=O)(=O)F)CC1=O. The minimum Gasteiger partial charge on any atom is -0.478 e. The Morgan fingerprint density at radius 3 is 2.71 bits per heavy atom. The van der Waals surface area contributed by atoms with E-state index in [0.29, 0.717) is 4.47 Å². The second-order valence-electron chi connectivity index (χ2n) is 4.72. The predicted octanol–water partition coefficient (Wildman–Crippen LogP) is 1.80. The van der Waals surface area contributed by atoms with Gasteiger partial charge in [0.2, 0.25) is 5.91 Å². The van der Waals surface area contributed by atoms with Gasteiger partial charge in [-0.1, -0.05) is 6.07 Å². The third-order valence-corrected chi connectivity index (χ3v) is 4.67. The van der Waals surface area contributed by atoms with Gasteiger partial charge in [0.15, 0.2) is 0 Å². The summed E-state index contributed by atoms with van der Waals surface area (Å²) in [5, 5.41) is 9.22. The molecular weight excluding hydrogens is 369 g/mol. The van der Waals surface area contributed by atoms with Crippen LogP contribution < -0.4 is 4.90 Å². The van der Waals surface area contributed by atoms with E-state index in [-0.39, 0.29) is 24.2 Å². The van der Waals surface area contributed by atoms with Crippen LogP contribution in [0.25, 0.3) is 0 Å². The number of hydrogen-bond acceptors (Lipinski definition) is 4. The fraction of sp³-hybridized carbons (Fsp3) is 0.333. The van der Waals surface area contributed by atoms with Crippen LogP contribution in [0.2, 0.25) is 0 Å². The van der Waals surface area contributed by atoms with Crippen molar-refractivity contribution in [3.63, 3.8) is 0 Å². The topological polar surface area (TPSA) is 91.8 Å². The van der Waals surface area contributed by atoms with Crippen LogP contribution in [0.5, 0.6) is 0 Å². The van der Waals surface area contributed by atoms with Gasteiger partial charge < -0.3 is 10.0 Å². The molecule has 1 fully saturated rings. The van der Waals surface area contributed by atoms with Crippen molar-refractivity contribution in [1.29, 1.82) is 0 Å². The summed E-state index contributed by atoms with van der Waals surface area (Å²) in [5.41, 5.74) is 0.0789. The molecule has 1 atom stereocenters. The van der Waals surface area contributed by atoms with Gasteiger partial charge in [0.05, 0.1) is 17.0 Å². The van der Waals surface area contributed by atoms with Gasteiger partial charge in [0, 0.05) is 23.4 Å². The summed E-state index contributed by atoms with van der Waals surface area (Å²) in [6, 6.07) is 4.55. The van der Waals surface area contributed by atoms with Crippen LogP contribution in [0, 0.1) is 5.92 Å². The Morgan fingerprint density at radius 1 is 1.48 bits per heavy atom. The highest BCUT2D eigenvalue weighted by Gasteiger charge is 2.35. The van der Waals surface area contributed by atoms with Gasteiger partial charge in [-0.2, -0.15) is 8.42 Å². The van der Waals surface area contributed by atoms with E-state index >= 15 is 0 Å². The fourth-order valence-electron chi connectivity index (χ4n) is 2.36. The Kier molecular flexibility index (Phi) is 4.33. The molecule has 1 saturated heterocycles. The van der Waals surface area contributed by atoms with Crippen molar-refractivity contribution in [3.05, 3.63) is 28.2 Å². The summed E-state index contributed by atoms with van der Waals surface area (Å²) in [7, 11) is -4.68. The van der Waals surface area contributed by atoms with Crippen molar-refractivity contribution in [1.82, 2.24) is 0 Å². The van der Waals surface area contributed by atoms with Crippen molar-refractivity contribution >= 4 is 43.7 Å². The van der Waals surface area contributed by atoms with Gasteiger partial charge in [-0.25, -0.2) is 4.79 Å². The number of carboxylic acids is 1. The molecule has 1 heterocycles. The lowest BCUT2D eigenvalue weighted by atomic mass is 10.1. The maximum atomic E-state index is 12.7. The van der Waals surface area contributed by atoms with Gasteiger partial charge in [0.1, 0.15) is 0 Å². The van der Waals surface area contributed by atoms with Crippen LogP contribution in [0.4, 0.5) is 9.57 Å². The van der Waals surface area contributed by atoms with Crippen LogP contribution in [0.3, 0.4) is 0 Å². The first-order valence-corrected chi connectivity index (χ1v) is 8.28. The lowest BCUT2D eigenvalue weighted by molar-refractivity contribution is -0.117. The minimum atomic E-state index is -4.68. The molecule has 1 aromatic rings. The van der Waals surface area contributed by atoms with Gasteiger partial charge in [0.25, 0.3) is 0 Å². The number of carboxylic acid groups (broad SMARTS) is 1. The van der Waals surface area contributed by atoms with Crippen LogP contribution in [-0.4, -0.2) is 37.7 Å². The predicted molar refractivity (Wildman–Crippen MR) is 76.5 cm³/mol. The number of nitrogens with zero attached hydrogens (tertiary/aromatic N) is 1. The first-order chi connectivity index (χ1) is 9.69. The van der Waals surface area contributed by atoms with Crippen LogP contribution in [-0.2, 0) is 15.0 Å². The molecule has 1 aromatic carbocycles. The van der Waals surface area contributed by atoms with E-state index in [1.807, 2.05) is 0 Å². The summed E-state index contributed by atoms with van der Waals surface area (Å²) in [6.45, 7) is -0.0291. The zero-order valence-corrected chi connectivity index (χ0v) is 13.0. The Hall–Kier alpha value is -1.48.